The minimum Gasteiger partial charge on any atom is -0.497 e. The van der Waals surface area contributed by atoms with Gasteiger partial charge in [0.1, 0.15) is 11.5 Å². The van der Waals surface area contributed by atoms with Crippen molar-refractivity contribution in [1.82, 2.24) is 0 Å². The molecule has 0 saturated carbocycles. The Bertz CT molecular complexity index is 1310. The van der Waals surface area contributed by atoms with Gasteiger partial charge in [0, 0.05) is 25.3 Å². The van der Waals surface area contributed by atoms with E-state index in [-0.39, 0.29) is 17.4 Å². The quantitative estimate of drug-likeness (QED) is 0.507. The lowest BCUT2D eigenvalue weighted by Gasteiger charge is -2.30. The summed E-state index contributed by atoms with van der Waals surface area (Å²) >= 11 is 0. The zero-order valence-electron chi connectivity index (χ0n) is 19.5. The SMILES string of the molecule is COc1cccc(N(C)C(=O)COc2ccc(S(=O)(=O)N3CCCc4ccccc43)cc2C)c1. The molecule has 7 nitrogen and oxygen atoms in total. The van der Waals surface area contributed by atoms with E-state index in [1.165, 1.54) is 15.3 Å². The first-order chi connectivity index (χ1) is 16.3. The van der Waals surface area contributed by atoms with Crippen LogP contribution in [-0.2, 0) is 21.2 Å². The number of carbonyl (C=O) groups excluding carboxylic acids is 1. The zero-order valence-corrected chi connectivity index (χ0v) is 20.3. The number of nitrogens with zero attached hydrogens (tertiary/aromatic N) is 2. The first-order valence-electron chi connectivity index (χ1n) is 11.1. The Hall–Kier alpha value is -3.52. The number of fused-ring (bicyclic) bond motifs is 1. The maximum absolute atomic E-state index is 13.4. The first kappa shape index (κ1) is 23.6. The molecule has 0 saturated heterocycles. The molecule has 0 unspecified atom stereocenters. The van der Waals surface area contributed by atoms with E-state index >= 15 is 0 Å². The number of hydrogen-bond acceptors (Lipinski definition) is 5. The molecular formula is C26H28N2O5S. The second-order valence-corrected chi connectivity index (χ2v) is 10.0. The van der Waals surface area contributed by atoms with Crippen LogP contribution in [0.15, 0.2) is 71.6 Å². The van der Waals surface area contributed by atoms with Gasteiger partial charge in [0.05, 0.1) is 17.7 Å². The molecule has 0 N–H and O–H groups in total. The van der Waals surface area contributed by atoms with Crippen LogP contribution >= 0.6 is 0 Å². The van der Waals surface area contributed by atoms with Crippen LogP contribution in [0.25, 0.3) is 0 Å². The smallest absolute Gasteiger partial charge is 0.264 e. The molecule has 1 heterocycles. The lowest BCUT2D eigenvalue weighted by Crippen LogP contribution is -2.35. The molecule has 178 valence electrons. The minimum atomic E-state index is -3.71. The molecule has 0 atom stereocenters. The van der Waals surface area contributed by atoms with E-state index in [1.807, 2.05) is 36.4 Å². The molecule has 4 rings (SSSR count). The van der Waals surface area contributed by atoms with Crippen LogP contribution < -0.4 is 18.7 Å². The Kier molecular flexibility index (Phi) is 6.79. The number of methoxy groups -OCH3 is 1. The average molecular weight is 481 g/mol. The summed E-state index contributed by atoms with van der Waals surface area (Å²) in [6.45, 7) is 2.04. The van der Waals surface area contributed by atoms with Crippen LogP contribution in [0.5, 0.6) is 11.5 Å². The second-order valence-electron chi connectivity index (χ2n) is 8.18. The number of rotatable bonds is 7. The third-order valence-electron chi connectivity index (χ3n) is 5.97. The van der Waals surface area contributed by atoms with E-state index in [0.717, 1.165) is 24.1 Å². The normalized spacial score (nSPS) is 13.2. The highest BCUT2D eigenvalue weighted by atomic mass is 32.2. The van der Waals surface area contributed by atoms with E-state index < -0.39 is 10.0 Å². The molecule has 1 aliphatic heterocycles. The minimum absolute atomic E-state index is 0.180. The number of aryl methyl sites for hydroxylation is 2. The summed E-state index contributed by atoms with van der Waals surface area (Å²) in [5.41, 5.74) is 3.10. The average Bonchev–Trinajstić information content (AvgIpc) is 2.86. The third kappa shape index (κ3) is 4.72. The number of amides is 1. The topological polar surface area (TPSA) is 76.1 Å². The molecule has 0 radical (unpaired) electrons. The number of likely N-dealkylation sites (N-methyl/N-ethyl adjacent to an activating group) is 1. The standard InChI is InChI=1S/C26H28N2O5S/c1-19-16-23(34(30,31)28-15-7-9-20-8-4-5-12-24(20)28)13-14-25(19)33-18-26(29)27(2)21-10-6-11-22(17-21)32-3/h4-6,8,10-14,16-17H,7,9,15,18H2,1-3H3. The van der Waals surface area contributed by atoms with Crippen molar-refractivity contribution in [1.29, 1.82) is 0 Å². The summed E-state index contributed by atoms with van der Waals surface area (Å²) in [6.07, 6.45) is 1.64. The highest BCUT2D eigenvalue weighted by molar-refractivity contribution is 7.92. The Morgan fingerprint density at radius 1 is 1.06 bits per heavy atom. The molecule has 0 aliphatic carbocycles. The maximum atomic E-state index is 13.4. The van der Waals surface area contributed by atoms with E-state index in [1.54, 1.807) is 45.3 Å². The lowest BCUT2D eigenvalue weighted by molar-refractivity contribution is -0.120. The number of anilines is 2. The van der Waals surface area contributed by atoms with Gasteiger partial charge in [0.25, 0.3) is 15.9 Å². The van der Waals surface area contributed by atoms with Crippen LogP contribution in [0.1, 0.15) is 17.5 Å². The van der Waals surface area contributed by atoms with Crippen molar-refractivity contribution in [3.63, 3.8) is 0 Å². The number of hydrogen-bond donors (Lipinski definition) is 0. The van der Waals surface area contributed by atoms with Gasteiger partial charge in [-0.15, -0.1) is 0 Å². The van der Waals surface area contributed by atoms with Gasteiger partial charge in [-0.05, 0) is 67.3 Å². The van der Waals surface area contributed by atoms with Gasteiger partial charge in [0.15, 0.2) is 6.61 Å². The molecule has 0 fully saturated rings. The number of sulfonamides is 1. The number of carbonyl (C=O) groups is 1. The van der Waals surface area contributed by atoms with Crippen molar-refractivity contribution < 1.29 is 22.7 Å². The van der Waals surface area contributed by atoms with Gasteiger partial charge < -0.3 is 14.4 Å². The van der Waals surface area contributed by atoms with E-state index in [2.05, 4.69) is 0 Å². The monoisotopic (exact) mass is 480 g/mol. The summed E-state index contributed by atoms with van der Waals surface area (Å²) in [5, 5.41) is 0. The predicted molar refractivity (Wildman–Crippen MR) is 132 cm³/mol. The van der Waals surface area contributed by atoms with Crippen LogP contribution in [-0.4, -0.2) is 41.6 Å². The number of ether oxygens (including phenoxy) is 2. The predicted octanol–water partition coefficient (Wildman–Crippen LogP) is 4.19. The highest BCUT2D eigenvalue weighted by Crippen LogP contribution is 2.33. The summed E-state index contributed by atoms with van der Waals surface area (Å²) in [7, 11) is -0.475. The molecule has 0 aromatic heterocycles. The van der Waals surface area contributed by atoms with Crippen LogP contribution in [0.2, 0.25) is 0 Å². The summed E-state index contributed by atoms with van der Waals surface area (Å²) in [5.74, 6) is 0.877. The fraction of sp³-hybridized carbons (Fsp3) is 0.269. The van der Waals surface area contributed by atoms with Crippen molar-refractivity contribution in [2.45, 2.75) is 24.7 Å². The van der Waals surface area contributed by atoms with Crippen LogP contribution in [0.3, 0.4) is 0 Å². The van der Waals surface area contributed by atoms with Gasteiger partial charge in [-0.2, -0.15) is 0 Å². The molecule has 0 bridgehead atoms. The molecule has 3 aromatic carbocycles. The van der Waals surface area contributed by atoms with Crippen LogP contribution in [0.4, 0.5) is 11.4 Å². The Balaban J connectivity index is 1.48. The number of benzene rings is 3. The Morgan fingerprint density at radius 2 is 1.85 bits per heavy atom. The maximum Gasteiger partial charge on any atom is 0.264 e. The summed E-state index contributed by atoms with van der Waals surface area (Å²) < 4.78 is 39.2. The fourth-order valence-corrected chi connectivity index (χ4v) is 5.65. The first-order valence-corrected chi connectivity index (χ1v) is 12.5. The zero-order chi connectivity index (χ0) is 24.3. The fourth-order valence-electron chi connectivity index (χ4n) is 4.02. The van der Waals surface area contributed by atoms with E-state index in [0.29, 0.717) is 29.3 Å². The molecule has 8 heteroatoms. The molecule has 3 aromatic rings. The second kappa shape index (κ2) is 9.77. The molecule has 1 amide bonds. The molecular weight excluding hydrogens is 452 g/mol. The van der Waals surface area contributed by atoms with E-state index in [9.17, 15) is 13.2 Å². The largest absolute Gasteiger partial charge is 0.497 e. The summed E-state index contributed by atoms with van der Waals surface area (Å²) in [4.78, 5) is 14.3. The van der Waals surface area contributed by atoms with Crippen molar-refractivity contribution in [3.8, 4) is 11.5 Å². The van der Waals surface area contributed by atoms with Crippen LogP contribution in [0, 0.1) is 6.92 Å². The van der Waals surface area contributed by atoms with Gasteiger partial charge in [-0.25, -0.2) is 8.42 Å². The number of para-hydroxylation sites is 1. The van der Waals surface area contributed by atoms with Crippen molar-refractivity contribution in [2.75, 3.05) is 36.5 Å². The van der Waals surface area contributed by atoms with Gasteiger partial charge >= 0.3 is 0 Å². The Morgan fingerprint density at radius 3 is 2.62 bits per heavy atom. The van der Waals surface area contributed by atoms with Crippen molar-refractivity contribution >= 4 is 27.3 Å². The van der Waals surface area contributed by atoms with Gasteiger partial charge in [0.2, 0.25) is 0 Å². The van der Waals surface area contributed by atoms with E-state index in [4.69, 9.17) is 9.47 Å². The van der Waals surface area contributed by atoms with Crippen molar-refractivity contribution in [3.05, 3.63) is 77.9 Å². The molecule has 1 aliphatic rings. The summed E-state index contributed by atoms with van der Waals surface area (Å²) in [6, 6.07) is 19.5. The van der Waals surface area contributed by atoms with Gasteiger partial charge in [-0.3, -0.25) is 9.10 Å². The molecule has 34 heavy (non-hydrogen) atoms. The van der Waals surface area contributed by atoms with Gasteiger partial charge in [-0.1, -0.05) is 24.3 Å². The lowest BCUT2D eigenvalue weighted by atomic mass is 10.0. The van der Waals surface area contributed by atoms with Crippen molar-refractivity contribution in [2.24, 2.45) is 0 Å². The molecule has 0 spiro atoms. The highest BCUT2D eigenvalue weighted by Gasteiger charge is 2.29. The Labute approximate surface area is 200 Å². The third-order valence-corrected chi connectivity index (χ3v) is 7.78.